The van der Waals surface area contributed by atoms with Crippen molar-refractivity contribution < 1.29 is 0 Å². The van der Waals surface area contributed by atoms with Gasteiger partial charge in [-0.1, -0.05) is 0 Å². The Labute approximate surface area is 90.7 Å². The first kappa shape index (κ1) is 9.24. The first-order valence-electron chi connectivity index (χ1n) is 3.77. The van der Waals surface area contributed by atoms with Gasteiger partial charge in [-0.25, -0.2) is 0 Å². The minimum atomic E-state index is 0.789. The smallest absolute Gasteiger partial charge is 0.0609 e. The molecule has 0 aliphatic carbocycles. The third kappa shape index (κ3) is 1.54. The summed E-state index contributed by atoms with van der Waals surface area (Å²) in [4.78, 5) is 0.859. The van der Waals surface area contributed by atoms with Gasteiger partial charge in [-0.2, -0.15) is 0 Å². The minimum absolute atomic E-state index is 0.789. The van der Waals surface area contributed by atoms with E-state index in [4.69, 9.17) is 5.73 Å². The zero-order chi connectivity index (χ0) is 9.42. The predicted octanol–water partition coefficient (Wildman–Crippen LogP) is 3.49. The summed E-state index contributed by atoms with van der Waals surface area (Å²) in [6, 6.07) is 6.14. The number of nitrogen functional groups attached to an aromatic ring is 1. The Morgan fingerprint density at radius 2 is 2.23 bits per heavy atom. The Bertz CT molecular complexity index is 447. The van der Waals surface area contributed by atoms with Crippen LogP contribution in [0.2, 0.25) is 0 Å². The van der Waals surface area contributed by atoms with Gasteiger partial charge in [0.2, 0.25) is 0 Å². The number of nitrogens with two attached hydrogens (primary N) is 1. The van der Waals surface area contributed by atoms with Gasteiger partial charge in [0.1, 0.15) is 0 Å². The molecule has 13 heavy (non-hydrogen) atoms. The van der Waals surface area contributed by atoms with Crippen LogP contribution in [0.3, 0.4) is 0 Å². The largest absolute Gasteiger partial charge is 0.397 e. The molecule has 0 aliphatic rings. The van der Waals surface area contributed by atoms with E-state index in [2.05, 4.69) is 31.0 Å². The van der Waals surface area contributed by atoms with E-state index < -0.39 is 0 Å². The van der Waals surface area contributed by atoms with Crippen molar-refractivity contribution >= 4 is 51.5 Å². The SMILES string of the molecule is CSc1cc2c(N)c(S)ccc2s1. The lowest BCUT2D eigenvalue weighted by Gasteiger charge is -1.98. The van der Waals surface area contributed by atoms with Crippen LogP contribution in [0.5, 0.6) is 0 Å². The van der Waals surface area contributed by atoms with Crippen LogP contribution < -0.4 is 5.73 Å². The molecule has 0 fully saturated rings. The van der Waals surface area contributed by atoms with Gasteiger partial charge in [0.25, 0.3) is 0 Å². The number of anilines is 1. The van der Waals surface area contributed by atoms with Gasteiger partial charge in [0.05, 0.1) is 9.90 Å². The Kier molecular flexibility index (Phi) is 2.45. The van der Waals surface area contributed by atoms with Crippen LogP contribution in [0.1, 0.15) is 0 Å². The molecule has 0 saturated carbocycles. The van der Waals surface area contributed by atoms with Crippen LogP contribution >= 0.6 is 35.7 Å². The normalized spacial score (nSPS) is 10.9. The molecule has 0 saturated heterocycles. The average molecular weight is 227 g/mol. The van der Waals surface area contributed by atoms with E-state index in [0.29, 0.717) is 0 Å². The highest BCUT2D eigenvalue weighted by Crippen LogP contribution is 2.36. The van der Waals surface area contributed by atoms with Crippen molar-refractivity contribution in [2.75, 3.05) is 12.0 Å². The summed E-state index contributed by atoms with van der Waals surface area (Å²) in [7, 11) is 0. The van der Waals surface area contributed by atoms with Crippen LogP contribution in [-0.2, 0) is 0 Å². The number of thioether (sulfide) groups is 1. The summed E-state index contributed by atoms with van der Waals surface area (Å²) in [6.45, 7) is 0. The molecule has 1 aromatic heterocycles. The highest BCUT2D eigenvalue weighted by Gasteiger charge is 2.05. The molecule has 1 aromatic carbocycles. The number of hydrogen-bond acceptors (Lipinski definition) is 4. The predicted molar refractivity (Wildman–Crippen MR) is 65.3 cm³/mol. The van der Waals surface area contributed by atoms with Gasteiger partial charge in [0.15, 0.2) is 0 Å². The Balaban J connectivity index is 2.76. The van der Waals surface area contributed by atoms with Crippen LogP contribution in [-0.4, -0.2) is 6.26 Å². The van der Waals surface area contributed by atoms with E-state index in [0.717, 1.165) is 16.0 Å². The zero-order valence-electron chi connectivity index (χ0n) is 7.07. The number of rotatable bonds is 1. The molecule has 0 amide bonds. The lowest BCUT2D eigenvalue weighted by atomic mass is 10.2. The molecule has 2 N–H and O–H groups in total. The molecule has 0 spiro atoms. The third-order valence-electron chi connectivity index (χ3n) is 1.90. The van der Waals surface area contributed by atoms with Crippen LogP contribution in [0.25, 0.3) is 10.1 Å². The van der Waals surface area contributed by atoms with E-state index in [9.17, 15) is 0 Å². The standard InChI is InChI=1S/C9H9NS3/c1-12-8-4-5-7(13-8)3-2-6(11)9(5)10/h2-4,11H,10H2,1H3. The fourth-order valence-electron chi connectivity index (χ4n) is 1.20. The van der Waals surface area contributed by atoms with Crippen molar-refractivity contribution in [1.29, 1.82) is 0 Å². The summed E-state index contributed by atoms with van der Waals surface area (Å²) in [5, 5.41) is 1.13. The van der Waals surface area contributed by atoms with Crippen molar-refractivity contribution in [2.45, 2.75) is 9.10 Å². The lowest BCUT2D eigenvalue weighted by molar-refractivity contribution is 1.53. The maximum atomic E-state index is 5.91. The van der Waals surface area contributed by atoms with Crippen molar-refractivity contribution in [1.82, 2.24) is 0 Å². The highest BCUT2D eigenvalue weighted by molar-refractivity contribution is 8.00. The summed E-state index contributed by atoms with van der Waals surface area (Å²) >= 11 is 7.80. The summed E-state index contributed by atoms with van der Waals surface area (Å²) in [6.07, 6.45) is 2.07. The van der Waals surface area contributed by atoms with Gasteiger partial charge >= 0.3 is 0 Å². The third-order valence-corrected chi connectivity index (χ3v) is 4.45. The lowest BCUT2D eigenvalue weighted by Crippen LogP contribution is -1.86. The van der Waals surface area contributed by atoms with E-state index in [1.165, 1.54) is 8.91 Å². The quantitative estimate of drug-likeness (QED) is 0.443. The van der Waals surface area contributed by atoms with E-state index in [1.807, 2.05) is 6.07 Å². The van der Waals surface area contributed by atoms with Gasteiger partial charge < -0.3 is 5.73 Å². The van der Waals surface area contributed by atoms with Crippen molar-refractivity contribution in [3.63, 3.8) is 0 Å². The molecule has 0 bridgehead atoms. The number of thiophene rings is 1. The maximum Gasteiger partial charge on any atom is 0.0609 e. The number of fused-ring (bicyclic) bond motifs is 1. The van der Waals surface area contributed by atoms with Crippen molar-refractivity contribution in [3.05, 3.63) is 18.2 Å². The Morgan fingerprint density at radius 3 is 2.92 bits per heavy atom. The first-order chi connectivity index (χ1) is 6.22. The molecule has 2 aromatic rings. The molecule has 0 atom stereocenters. The number of thiol groups is 1. The molecular weight excluding hydrogens is 218 g/mol. The van der Waals surface area contributed by atoms with Gasteiger partial charge in [0, 0.05) is 15.0 Å². The Morgan fingerprint density at radius 1 is 1.46 bits per heavy atom. The van der Waals surface area contributed by atoms with Crippen LogP contribution in [0.15, 0.2) is 27.3 Å². The molecule has 1 nitrogen and oxygen atoms in total. The summed E-state index contributed by atoms with van der Waals surface area (Å²) in [5.41, 5.74) is 6.70. The molecule has 2 rings (SSSR count). The average Bonchev–Trinajstić information content (AvgIpc) is 2.55. The van der Waals surface area contributed by atoms with Crippen LogP contribution in [0, 0.1) is 0 Å². The molecule has 68 valence electrons. The van der Waals surface area contributed by atoms with Crippen molar-refractivity contribution in [2.24, 2.45) is 0 Å². The second-order valence-electron chi connectivity index (χ2n) is 2.68. The van der Waals surface area contributed by atoms with Gasteiger partial charge in [-0.3, -0.25) is 0 Å². The molecule has 0 unspecified atom stereocenters. The molecule has 0 radical (unpaired) electrons. The van der Waals surface area contributed by atoms with Gasteiger partial charge in [-0.15, -0.1) is 35.7 Å². The molecule has 0 aliphatic heterocycles. The second kappa shape index (κ2) is 3.44. The second-order valence-corrected chi connectivity index (χ2v) is 5.35. The minimum Gasteiger partial charge on any atom is -0.397 e. The van der Waals surface area contributed by atoms with E-state index >= 15 is 0 Å². The molecule has 4 heteroatoms. The highest BCUT2D eigenvalue weighted by atomic mass is 32.2. The van der Waals surface area contributed by atoms with E-state index in [1.54, 1.807) is 23.1 Å². The van der Waals surface area contributed by atoms with Crippen LogP contribution in [0.4, 0.5) is 5.69 Å². The topological polar surface area (TPSA) is 26.0 Å². The summed E-state index contributed by atoms with van der Waals surface area (Å²) < 4.78 is 2.53. The summed E-state index contributed by atoms with van der Waals surface area (Å²) in [5.74, 6) is 0. The molecular formula is C9H9NS3. The zero-order valence-corrected chi connectivity index (χ0v) is 9.60. The fourth-order valence-corrected chi connectivity index (χ4v) is 3.04. The van der Waals surface area contributed by atoms with E-state index in [-0.39, 0.29) is 0 Å². The van der Waals surface area contributed by atoms with Crippen molar-refractivity contribution in [3.8, 4) is 0 Å². The maximum absolute atomic E-state index is 5.91. The monoisotopic (exact) mass is 227 g/mol. The number of benzene rings is 1. The van der Waals surface area contributed by atoms with Gasteiger partial charge in [-0.05, 0) is 24.5 Å². The fraction of sp³-hybridized carbons (Fsp3) is 0.111. The number of hydrogen-bond donors (Lipinski definition) is 2. The Hall–Kier alpha value is -0.320. The first-order valence-corrected chi connectivity index (χ1v) is 6.26. The molecule has 1 heterocycles.